The quantitative estimate of drug-likeness (QED) is 0.601. The Morgan fingerprint density at radius 3 is 2.96 bits per heavy atom. The van der Waals surface area contributed by atoms with E-state index in [0.717, 1.165) is 56.1 Å². The lowest BCUT2D eigenvalue weighted by Gasteiger charge is -2.26. The summed E-state index contributed by atoms with van der Waals surface area (Å²) < 4.78 is 8.95. The molecule has 3 heterocycles. The summed E-state index contributed by atoms with van der Waals surface area (Å²) in [5, 5.41) is 19.7. The van der Waals surface area contributed by atoms with Crippen LogP contribution < -0.4 is 10.6 Å². The lowest BCUT2D eigenvalue weighted by molar-refractivity contribution is 0.0389. The predicted octanol–water partition coefficient (Wildman–Crippen LogP) is 0.752. The summed E-state index contributed by atoms with van der Waals surface area (Å²) in [7, 11) is 0. The van der Waals surface area contributed by atoms with Crippen molar-refractivity contribution in [1.29, 1.82) is 0 Å². The van der Waals surface area contributed by atoms with Crippen LogP contribution >= 0.6 is 12.2 Å². The van der Waals surface area contributed by atoms with Crippen molar-refractivity contribution in [1.82, 2.24) is 35.0 Å². The number of thiocarbonyl (C=S) groups is 1. The summed E-state index contributed by atoms with van der Waals surface area (Å²) in [4.78, 5) is 2.36. The highest BCUT2D eigenvalue weighted by Crippen LogP contribution is 2.11. The SMILES string of the molecule is S=C(NCCN1CCOCC1)Nc1cnn(Cn2nnc3ccccc32)c1. The number of para-hydroxylation sites is 1. The first-order chi connectivity index (χ1) is 13.3. The maximum Gasteiger partial charge on any atom is 0.170 e. The van der Waals surface area contributed by atoms with E-state index in [9.17, 15) is 0 Å². The molecule has 10 heteroatoms. The van der Waals surface area contributed by atoms with Crippen LogP contribution in [0.1, 0.15) is 0 Å². The van der Waals surface area contributed by atoms with Gasteiger partial charge in [-0.1, -0.05) is 17.3 Å². The van der Waals surface area contributed by atoms with Crippen LogP contribution in [0.25, 0.3) is 11.0 Å². The van der Waals surface area contributed by atoms with E-state index < -0.39 is 0 Å². The molecule has 9 nitrogen and oxygen atoms in total. The van der Waals surface area contributed by atoms with Gasteiger partial charge in [0.25, 0.3) is 0 Å². The predicted molar refractivity (Wildman–Crippen MR) is 107 cm³/mol. The number of morpholine rings is 1. The molecule has 27 heavy (non-hydrogen) atoms. The van der Waals surface area contributed by atoms with Crippen LogP contribution in [0.4, 0.5) is 5.69 Å². The van der Waals surface area contributed by atoms with Crippen molar-refractivity contribution in [2.75, 3.05) is 44.7 Å². The summed E-state index contributed by atoms with van der Waals surface area (Å²) in [6.07, 6.45) is 3.64. The van der Waals surface area contributed by atoms with Crippen molar-refractivity contribution >= 4 is 34.1 Å². The summed E-state index contributed by atoms with van der Waals surface area (Å²) in [5.74, 6) is 0. The van der Waals surface area contributed by atoms with E-state index in [-0.39, 0.29) is 0 Å². The first kappa shape index (κ1) is 17.8. The summed E-state index contributed by atoms with van der Waals surface area (Å²) in [6.45, 7) is 5.80. The number of anilines is 1. The van der Waals surface area contributed by atoms with E-state index in [0.29, 0.717) is 11.8 Å². The third kappa shape index (κ3) is 4.59. The monoisotopic (exact) mass is 386 g/mol. The van der Waals surface area contributed by atoms with Gasteiger partial charge in [-0.05, 0) is 24.4 Å². The smallest absolute Gasteiger partial charge is 0.170 e. The summed E-state index contributed by atoms with van der Waals surface area (Å²) in [5.41, 5.74) is 2.68. The van der Waals surface area contributed by atoms with Crippen molar-refractivity contribution in [3.63, 3.8) is 0 Å². The molecule has 1 fully saturated rings. The van der Waals surface area contributed by atoms with E-state index in [4.69, 9.17) is 17.0 Å². The largest absolute Gasteiger partial charge is 0.379 e. The van der Waals surface area contributed by atoms with E-state index in [1.807, 2.05) is 35.1 Å². The van der Waals surface area contributed by atoms with Gasteiger partial charge in [-0.2, -0.15) is 5.10 Å². The van der Waals surface area contributed by atoms with Crippen LogP contribution in [0.3, 0.4) is 0 Å². The van der Waals surface area contributed by atoms with Crippen molar-refractivity contribution < 1.29 is 4.74 Å². The first-order valence-corrected chi connectivity index (χ1v) is 9.34. The van der Waals surface area contributed by atoms with Crippen LogP contribution in [-0.4, -0.2) is 74.2 Å². The highest BCUT2D eigenvalue weighted by Gasteiger charge is 2.10. The van der Waals surface area contributed by atoms with Crippen molar-refractivity contribution in [3.8, 4) is 0 Å². The average molecular weight is 386 g/mol. The van der Waals surface area contributed by atoms with Gasteiger partial charge in [0.05, 0.1) is 36.8 Å². The second-order valence-electron chi connectivity index (χ2n) is 6.32. The zero-order chi connectivity index (χ0) is 18.5. The minimum absolute atomic E-state index is 0.486. The molecule has 1 aliphatic heterocycles. The molecule has 2 aromatic heterocycles. The van der Waals surface area contributed by atoms with Gasteiger partial charge in [0, 0.05) is 26.2 Å². The van der Waals surface area contributed by atoms with Crippen molar-refractivity contribution in [3.05, 3.63) is 36.7 Å². The number of hydrogen-bond donors (Lipinski definition) is 2. The summed E-state index contributed by atoms with van der Waals surface area (Å²) >= 11 is 5.36. The standard InChI is InChI=1S/C17H22N8OS/c27-17(18-5-6-23-7-9-26-10-8-23)20-14-11-19-24(12-14)13-25-16-4-2-1-3-15(16)21-22-25/h1-4,11-12H,5-10,13H2,(H2,18,20,27). The van der Waals surface area contributed by atoms with E-state index in [2.05, 4.69) is 30.9 Å². The highest BCUT2D eigenvalue weighted by atomic mass is 32.1. The lowest BCUT2D eigenvalue weighted by Crippen LogP contribution is -2.42. The molecule has 1 aromatic carbocycles. The molecule has 1 saturated heterocycles. The second-order valence-corrected chi connectivity index (χ2v) is 6.73. The minimum Gasteiger partial charge on any atom is -0.379 e. The van der Waals surface area contributed by atoms with Gasteiger partial charge in [0.2, 0.25) is 0 Å². The zero-order valence-electron chi connectivity index (χ0n) is 14.9. The Morgan fingerprint density at radius 1 is 1.22 bits per heavy atom. The minimum atomic E-state index is 0.486. The number of ether oxygens (including phenoxy) is 1. The fourth-order valence-corrected chi connectivity index (χ4v) is 3.21. The molecular formula is C17H22N8OS. The Labute approximate surface area is 162 Å². The fourth-order valence-electron chi connectivity index (χ4n) is 2.99. The average Bonchev–Trinajstić information content (AvgIpc) is 3.30. The van der Waals surface area contributed by atoms with Gasteiger partial charge in [-0.3, -0.25) is 4.90 Å². The molecule has 0 aliphatic carbocycles. The van der Waals surface area contributed by atoms with Gasteiger partial charge in [-0.15, -0.1) is 5.10 Å². The number of nitrogens with one attached hydrogen (secondary N) is 2. The normalized spacial score (nSPS) is 15.1. The maximum atomic E-state index is 5.36. The van der Waals surface area contributed by atoms with Gasteiger partial charge in [-0.25, -0.2) is 9.36 Å². The second kappa shape index (κ2) is 8.42. The fraction of sp³-hybridized carbons (Fsp3) is 0.412. The van der Waals surface area contributed by atoms with Crippen LogP contribution in [0.5, 0.6) is 0 Å². The Hall–Kier alpha value is -2.56. The molecule has 0 radical (unpaired) electrons. The Bertz CT molecular complexity index is 901. The number of rotatable bonds is 6. The third-order valence-corrected chi connectivity index (χ3v) is 4.65. The Kier molecular flexibility index (Phi) is 5.56. The molecule has 0 atom stereocenters. The number of nitrogens with zero attached hydrogens (tertiary/aromatic N) is 6. The molecule has 0 unspecified atom stereocenters. The highest BCUT2D eigenvalue weighted by molar-refractivity contribution is 7.80. The number of hydrogen-bond acceptors (Lipinski definition) is 6. The topological polar surface area (TPSA) is 85.1 Å². The van der Waals surface area contributed by atoms with Crippen LogP contribution in [0.2, 0.25) is 0 Å². The van der Waals surface area contributed by atoms with E-state index in [1.165, 1.54) is 0 Å². The number of fused-ring (bicyclic) bond motifs is 1. The Balaban J connectivity index is 1.27. The maximum absolute atomic E-state index is 5.36. The molecule has 1 aliphatic rings. The third-order valence-electron chi connectivity index (χ3n) is 4.41. The van der Waals surface area contributed by atoms with Crippen LogP contribution in [0, 0.1) is 0 Å². The molecule has 2 N–H and O–H groups in total. The van der Waals surface area contributed by atoms with E-state index >= 15 is 0 Å². The number of aromatic nitrogens is 5. The number of benzene rings is 1. The first-order valence-electron chi connectivity index (χ1n) is 8.93. The molecular weight excluding hydrogens is 364 g/mol. The molecule has 142 valence electrons. The van der Waals surface area contributed by atoms with E-state index in [1.54, 1.807) is 10.9 Å². The molecule has 0 saturated carbocycles. The zero-order valence-corrected chi connectivity index (χ0v) is 15.7. The summed E-state index contributed by atoms with van der Waals surface area (Å²) in [6, 6.07) is 7.85. The van der Waals surface area contributed by atoms with Crippen LogP contribution in [0.15, 0.2) is 36.7 Å². The van der Waals surface area contributed by atoms with Gasteiger partial charge in [0.15, 0.2) is 5.11 Å². The molecule has 0 amide bonds. The lowest BCUT2D eigenvalue weighted by atomic mass is 10.3. The molecule has 4 rings (SSSR count). The van der Waals surface area contributed by atoms with Gasteiger partial charge < -0.3 is 15.4 Å². The molecule has 3 aromatic rings. The van der Waals surface area contributed by atoms with Gasteiger partial charge in [0.1, 0.15) is 12.2 Å². The molecule has 0 bridgehead atoms. The molecule has 0 spiro atoms. The van der Waals surface area contributed by atoms with Gasteiger partial charge >= 0.3 is 0 Å². The van der Waals surface area contributed by atoms with Crippen LogP contribution in [-0.2, 0) is 11.4 Å². The Morgan fingerprint density at radius 2 is 2.07 bits per heavy atom. The van der Waals surface area contributed by atoms with Crippen molar-refractivity contribution in [2.24, 2.45) is 0 Å². The van der Waals surface area contributed by atoms with Crippen molar-refractivity contribution in [2.45, 2.75) is 6.67 Å².